The molecular weight excluding hydrogens is 480 g/mol. The zero-order valence-corrected chi connectivity index (χ0v) is 22.2. The highest BCUT2D eigenvalue weighted by molar-refractivity contribution is 5.86. The number of methoxy groups -OCH3 is 1. The van der Waals surface area contributed by atoms with Gasteiger partial charge in [0.25, 0.3) is 0 Å². The van der Waals surface area contributed by atoms with Crippen molar-refractivity contribution < 1.29 is 9.53 Å². The van der Waals surface area contributed by atoms with Crippen LogP contribution in [0.4, 0.5) is 5.82 Å². The molecule has 38 heavy (non-hydrogen) atoms. The second-order valence-electron chi connectivity index (χ2n) is 9.85. The first kappa shape index (κ1) is 25.6. The fraction of sp³-hybridized carbons (Fsp3) is 0.393. The second-order valence-corrected chi connectivity index (χ2v) is 9.85. The van der Waals surface area contributed by atoms with Crippen molar-refractivity contribution in [1.29, 1.82) is 0 Å². The third kappa shape index (κ3) is 5.31. The highest BCUT2D eigenvalue weighted by Crippen LogP contribution is 2.33. The number of pyridine rings is 2. The van der Waals surface area contributed by atoms with Crippen LogP contribution in [-0.2, 0) is 23.1 Å². The van der Waals surface area contributed by atoms with Crippen molar-refractivity contribution in [2.75, 3.05) is 31.6 Å². The number of nitrogens with one attached hydrogen (secondary N) is 1. The van der Waals surface area contributed by atoms with E-state index in [1.165, 1.54) is 0 Å². The average molecular weight is 515 g/mol. The van der Waals surface area contributed by atoms with Gasteiger partial charge in [0, 0.05) is 86.1 Å². The zero-order chi connectivity index (χ0) is 26.6. The predicted octanol–water partition coefficient (Wildman–Crippen LogP) is 3.36. The van der Waals surface area contributed by atoms with Gasteiger partial charge in [0.05, 0.1) is 30.6 Å². The summed E-state index contributed by atoms with van der Waals surface area (Å²) >= 11 is 0. The monoisotopic (exact) mass is 514 g/mol. The number of ether oxygens (including phenoxy) is 1. The number of hydrogen-bond donors (Lipinski definition) is 1. The van der Waals surface area contributed by atoms with Crippen molar-refractivity contribution in [3.63, 3.8) is 0 Å². The van der Waals surface area contributed by atoms with E-state index in [1.807, 2.05) is 49.5 Å². The maximum Gasteiger partial charge on any atom is 0.223 e. The van der Waals surface area contributed by atoms with Crippen molar-refractivity contribution in [2.24, 2.45) is 18.0 Å². The van der Waals surface area contributed by atoms with Crippen LogP contribution in [0.5, 0.6) is 0 Å². The molecule has 0 saturated carbocycles. The maximum absolute atomic E-state index is 12.5. The lowest BCUT2D eigenvalue weighted by atomic mass is 9.95. The van der Waals surface area contributed by atoms with E-state index in [0.717, 1.165) is 65.1 Å². The first-order valence-corrected chi connectivity index (χ1v) is 12.9. The number of piperidine rings is 1. The van der Waals surface area contributed by atoms with Crippen molar-refractivity contribution in [3.05, 3.63) is 54.7 Å². The first-order chi connectivity index (χ1) is 18.5. The molecule has 1 aliphatic heterocycles. The molecule has 1 amide bonds. The summed E-state index contributed by atoms with van der Waals surface area (Å²) in [4.78, 5) is 23.7. The van der Waals surface area contributed by atoms with Crippen molar-refractivity contribution >= 4 is 24.0 Å². The van der Waals surface area contributed by atoms with Crippen molar-refractivity contribution in [1.82, 2.24) is 29.7 Å². The lowest BCUT2D eigenvalue weighted by molar-refractivity contribution is -0.126. The van der Waals surface area contributed by atoms with Gasteiger partial charge in [-0.25, -0.2) is 9.50 Å². The third-order valence-corrected chi connectivity index (χ3v) is 7.22. The van der Waals surface area contributed by atoms with Gasteiger partial charge in [-0.05, 0) is 44.7 Å². The SMILES string of the molecule is C=NCc1cnn2cc(-c3cnn(C)c3)cc(-c3ccc(N4CCC(C(=O)NCC(C)OC)CC4)nc3)c12. The Hall–Kier alpha value is -4.05. The number of aromatic nitrogens is 5. The summed E-state index contributed by atoms with van der Waals surface area (Å²) < 4.78 is 8.91. The van der Waals surface area contributed by atoms with Crippen LogP contribution in [0, 0.1) is 5.92 Å². The molecule has 5 heterocycles. The molecule has 0 bridgehead atoms. The predicted molar refractivity (Wildman–Crippen MR) is 148 cm³/mol. The smallest absolute Gasteiger partial charge is 0.223 e. The Morgan fingerprint density at radius 1 is 1.16 bits per heavy atom. The Bertz CT molecular complexity index is 1420. The number of aliphatic imine (C=N–C) groups is 1. The van der Waals surface area contributed by atoms with E-state index in [0.29, 0.717) is 13.1 Å². The summed E-state index contributed by atoms with van der Waals surface area (Å²) in [5, 5.41) is 11.9. The summed E-state index contributed by atoms with van der Waals surface area (Å²) in [7, 11) is 3.56. The topological polar surface area (TPSA) is 102 Å². The molecule has 4 aromatic rings. The Morgan fingerprint density at radius 2 is 1.97 bits per heavy atom. The van der Waals surface area contributed by atoms with Gasteiger partial charge in [-0.2, -0.15) is 10.2 Å². The minimum atomic E-state index is 0.0136. The number of carbonyl (C=O) groups excluding carboxylic acids is 1. The summed E-state index contributed by atoms with van der Waals surface area (Å²) in [6.07, 6.45) is 11.2. The van der Waals surface area contributed by atoms with E-state index in [1.54, 1.807) is 11.8 Å². The largest absolute Gasteiger partial charge is 0.380 e. The van der Waals surface area contributed by atoms with Crippen LogP contribution in [0.2, 0.25) is 0 Å². The van der Waals surface area contributed by atoms with Gasteiger partial charge in [0.15, 0.2) is 0 Å². The number of rotatable bonds is 9. The minimum absolute atomic E-state index is 0.0136. The van der Waals surface area contributed by atoms with E-state index >= 15 is 0 Å². The molecule has 1 atom stereocenters. The Balaban J connectivity index is 1.36. The molecule has 0 aromatic carbocycles. The quantitative estimate of drug-likeness (QED) is 0.344. The fourth-order valence-electron chi connectivity index (χ4n) is 4.94. The molecule has 0 spiro atoms. The Labute approximate surface area is 222 Å². The summed E-state index contributed by atoms with van der Waals surface area (Å²) in [6.45, 7) is 8.23. The molecular formula is C28H34N8O2. The molecule has 1 N–H and O–H groups in total. The van der Waals surface area contributed by atoms with Crippen LogP contribution in [0.3, 0.4) is 0 Å². The normalized spacial score (nSPS) is 15.1. The van der Waals surface area contributed by atoms with Gasteiger partial charge in [-0.1, -0.05) is 0 Å². The van der Waals surface area contributed by atoms with Gasteiger partial charge in [-0.3, -0.25) is 14.5 Å². The number of aryl methyl sites for hydroxylation is 1. The van der Waals surface area contributed by atoms with Crippen LogP contribution in [0.1, 0.15) is 25.3 Å². The molecule has 10 nitrogen and oxygen atoms in total. The van der Waals surface area contributed by atoms with E-state index in [9.17, 15) is 4.79 Å². The van der Waals surface area contributed by atoms with Crippen LogP contribution >= 0.6 is 0 Å². The lowest BCUT2D eigenvalue weighted by Gasteiger charge is -2.32. The third-order valence-electron chi connectivity index (χ3n) is 7.22. The standard InChI is InChI=1S/C28H34N8O2/c1-19(38-4)12-31-28(37)20-7-9-35(10-8-20)26-6-5-21(14-30-26)25-11-22(24-16-32-34(3)17-24)18-36-27(25)23(13-29-2)15-33-36/h5-6,11,14-20H,2,7-10,12-13H2,1,3-4H3,(H,31,37). The molecule has 1 aliphatic rings. The molecule has 10 heteroatoms. The average Bonchev–Trinajstić information content (AvgIpc) is 3.57. The number of nitrogens with zero attached hydrogens (tertiary/aromatic N) is 7. The summed E-state index contributed by atoms with van der Waals surface area (Å²) in [5.74, 6) is 1.05. The fourth-order valence-corrected chi connectivity index (χ4v) is 4.94. The number of anilines is 1. The van der Waals surface area contributed by atoms with Crippen molar-refractivity contribution in [3.8, 4) is 22.3 Å². The van der Waals surface area contributed by atoms with E-state index in [2.05, 4.69) is 50.3 Å². The van der Waals surface area contributed by atoms with E-state index in [-0.39, 0.29) is 17.9 Å². The van der Waals surface area contributed by atoms with Gasteiger partial charge in [0.1, 0.15) is 5.82 Å². The first-order valence-electron chi connectivity index (χ1n) is 12.9. The van der Waals surface area contributed by atoms with Crippen molar-refractivity contribution in [2.45, 2.75) is 32.4 Å². The second kappa shape index (κ2) is 11.1. The molecule has 0 radical (unpaired) electrons. The number of carbonyl (C=O) groups is 1. The van der Waals surface area contributed by atoms with Gasteiger partial charge in [0.2, 0.25) is 5.91 Å². The Kier molecular flexibility index (Phi) is 7.50. The minimum Gasteiger partial charge on any atom is -0.380 e. The van der Waals surface area contributed by atoms with Crippen LogP contribution in [-0.4, -0.2) is 69.9 Å². The summed E-state index contributed by atoms with van der Waals surface area (Å²) in [5.41, 5.74) is 6.07. The molecule has 1 saturated heterocycles. The molecule has 5 rings (SSSR count). The van der Waals surface area contributed by atoms with E-state index < -0.39 is 0 Å². The lowest BCUT2D eigenvalue weighted by Crippen LogP contribution is -2.42. The number of amides is 1. The molecule has 4 aromatic heterocycles. The molecule has 1 fully saturated rings. The van der Waals surface area contributed by atoms with Crippen LogP contribution in [0.25, 0.3) is 27.8 Å². The maximum atomic E-state index is 12.5. The molecule has 0 aliphatic carbocycles. The van der Waals surface area contributed by atoms with Gasteiger partial charge in [-0.15, -0.1) is 0 Å². The summed E-state index contributed by atoms with van der Waals surface area (Å²) in [6, 6.07) is 6.32. The van der Waals surface area contributed by atoms with Crippen LogP contribution < -0.4 is 10.2 Å². The zero-order valence-electron chi connectivity index (χ0n) is 22.2. The van der Waals surface area contributed by atoms with Gasteiger partial charge >= 0.3 is 0 Å². The number of fused-ring (bicyclic) bond motifs is 1. The van der Waals surface area contributed by atoms with Crippen LogP contribution in [0.15, 0.2) is 54.2 Å². The highest BCUT2D eigenvalue weighted by Gasteiger charge is 2.26. The Morgan fingerprint density at radius 3 is 2.63 bits per heavy atom. The molecule has 1 unspecified atom stereocenters. The highest BCUT2D eigenvalue weighted by atomic mass is 16.5. The van der Waals surface area contributed by atoms with E-state index in [4.69, 9.17) is 9.72 Å². The number of hydrogen-bond acceptors (Lipinski definition) is 7. The van der Waals surface area contributed by atoms with Gasteiger partial charge < -0.3 is 15.0 Å². The molecule has 198 valence electrons.